The Labute approximate surface area is 336 Å². The standard InChI is InChI=1S/C54H44N2O2/c1-3-15-33(16-4-1)39-31-51-41(29-47(39)55-43-23-11-7-19-35(43)36-20-8-12-24-44(36)55)53-49(57-51)27-28-50-54(53)42-30-48(40(32-52(42)58-50)34-17-5-2-6-18-34)56-45-25-13-9-21-37(45)38-22-10-14-26-46(38)56/h7-14,19-34H,1-6,15-18H2. The fraction of sp³-hybridized carbons (Fsp3) is 0.222. The number of benzene rings is 7. The highest BCUT2D eigenvalue weighted by molar-refractivity contribution is 6.26. The molecule has 2 saturated carbocycles. The highest BCUT2D eigenvalue weighted by Gasteiger charge is 2.28. The molecule has 0 radical (unpaired) electrons. The number of aromatic nitrogens is 2. The van der Waals surface area contributed by atoms with Gasteiger partial charge in [0.05, 0.1) is 33.4 Å². The molecule has 13 rings (SSSR count). The van der Waals surface area contributed by atoms with Crippen LogP contribution in [-0.4, -0.2) is 9.13 Å². The van der Waals surface area contributed by atoms with Crippen LogP contribution in [0.5, 0.6) is 0 Å². The van der Waals surface area contributed by atoms with Crippen molar-refractivity contribution >= 4 is 87.5 Å². The van der Waals surface area contributed by atoms with Crippen molar-refractivity contribution < 1.29 is 8.83 Å². The number of rotatable bonds is 4. The second kappa shape index (κ2) is 12.6. The molecule has 2 aliphatic rings. The van der Waals surface area contributed by atoms with E-state index < -0.39 is 0 Å². The summed E-state index contributed by atoms with van der Waals surface area (Å²) in [4.78, 5) is 0. The van der Waals surface area contributed by atoms with E-state index in [0.29, 0.717) is 11.8 Å². The number of hydrogen-bond donors (Lipinski definition) is 0. The molecule has 282 valence electrons. The molecule has 11 aromatic rings. The van der Waals surface area contributed by atoms with Crippen molar-refractivity contribution in [2.45, 2.75) is 76.0 Å². The maximum absolute atomic E-state index is 6.94. The SMILES string of the molecule is c1ccc2c(c1)c1ccccc1n2-c1cc2c(cc1C1CCCCC1)oc1ccc3oc4cc(C5CCCCC5)c(-n5c6ccccc6c6ccccc65)cc4c3c12. The Hall–Kier alpha value is -6.26. The zero-order valence-corrected chi connectivity index (χ0v) is 32.6. The minimum Gasteiger partial charge on any atom is -0.456 e. The van der Waals surface area contributed by atoms with Gasteiger partial charge in [-0.25, -0.2) is 0 Å². The molecule has 4 heteroatoms. The zero-order valence-electron chi connectivity index (χ0n) is 32.6. The quantitative estimate of drug-likeness (QED) is 0.179. The first kappa shape index (κ1) is 32.8. The Balaban J connectivity index is 1.14. The predicted octanol–water partition coefficient (Wildman–Crippen LogP) is 15.8. The lowest BCUT2D eigenvalue weighted by atomic mass is 9.82. The van der Waals surface area contributed by atoms with Crippen LogP contribution in [0.4, 0.5) is 0 Å². The molecule has 0 saturated heterocycles. The van der Waals surface area contributed by atoms with E-state index in [9.17, 15) is 0 Å². The van der Waals surface area contributed by atoms with Gasteiger partial charge in [-0.2, -0.15) is 0 Å². The van der Waals surface area contributed by atoms with Gasteiger partial charge < -0.3 is 18.0 Å². The molecule has 0 spiro atoms. The predicted molar refractivity (Wildman–Crippen MR) is 241 cm³/mol. The topological polar surface area (TPSA) is 36.1 Å². The van der Waals surface area contributed by atoms with Crippen LogP contribution in [0, 0.1) is 0 Å². The van der Waals surface area contributed by atoms with Crippen molar-refractivity contribution in [1.82, 2.24) is 9.13 Å². The van der Waals surface area contributed by atoms with Crippen LogP contribution >= 0.6 is 0 Å². The maximum atomic E-state index is 6.94. The average Bonchev–Trinajstić information content (AvgIpc) is 4.03. The van der Waals surface area contributed by atoms with Gasteiger partial charge in [0, 0.05) is 43.1 Å². The van der Waals surface area contributed by atoms with Crippen LogP contribution in [0.3, 0.4) is 0 Å². The minimum absolute atomic E-state index is 0.489. The monoisotopic (exact) mass is 752 g/mol. The summed E-state index contributed by atoms with van der Waals surface area (Å²) >= 11 is 0. The summed E-state index contributed by atoms with van der Waals surface area (Å²) in [5, 5.41) is 9.74. The van der Waals surface area contributed by atoms with Gasteiger partial charge >= 0.3 is 0 Å². The second-order valence-corrected chi connectivity index (χ2v) is 17.2. The maximum Gasteiger partial charge on any atom is 0.136 e. The van der Waals surface area contributed by atoms with Gasteiger partial charge in [0.15, 0.2) is 0 Å². The van der Waals surface area contributed by atoms with Crippen LogP contribution in [0.1, 0.15) is 87.2 Å². The Morgan fingerprint density at radius 3 is 1.05 bits per heavy atom. The molecule has 7 aromatic carbocycles. The van der Waals surface area contributed by atoms with Crippen molar-refractivity contribution in [3.05, 3.63) is 145 Å². The number of furan rings is 2. The van der Waals surface area contributed by atoms with Crippen LogP contribution in [0.15, 0.2) is 142 Å². The summed E-state index contributed by atoms with van der Waals surface area (Å²) in [6.45, 7) is 0. The molecule has 0 bridgehead atoms. The van der Waals surface area contributed by atoms with E-state index >= 15 is 0 Å². The fourth-order valence-corrected chi connectivity index (χ4v) is 11.5. The molecule has 58 heavy (non-hydrogen) atoms. The van der Waals surface area contributed by atoms with Crippen LogP contribution in [-0.2, 0) is 0 Å². The Morgan fingerprint density at radius 2 is 0.690 bits per heavy atom. The van der Waals surface area contributed by atoms with E-state index in [-0.39, 0.29) is 0 Å². The Morgan fingerprint density at radius 1 is 0.345 bits per heavy atom. The molecular weight excluding hydrogens is 709 g/mol. The molecule has 2 aliphatic carbocycles. The molecule has 0 N–H and O–H groups in total. The van der Waals surface area contributed by atoms with Gasteiger partial charge in [-0.05, 0) is 109 Å². The van der Waals surface area contributed by atoms with E-state index in [2.05, 4.69) is 143 Å². The molecule has 4 aromatic heterocycles. The molecule has 4 heterocycles. The number of hydrogen-bond acceptors (Lipinski definition) is 2. The Kier molecular flexibility index (Phi) is 7.13. The fourth-order valence-electron chi connectivity index (χ4n) is 11.5. The van der Waals surface area contributed by atoms with E-state index in [0.717, 1.165) is 43.9 Å². The smallest absolute Gasteiger partial charge is 0.136 e. The third-order valence-electron chi connectivity index (χ3n) is 14.1. The van der Waals surface area contributed by atoms with Crippen molar-refractivity contribution in [3.63, 3.8) is 0 Å². The summed E-state index contributed by atoms with van der Waals surface area (Å²) in [6.07, 6.45) is 12.6. The molecule has 0 amide bonds. The van der Waals surface area contributed by atoms with Gasteiger partial charge in [0.1, 0.15) is 22.3 Å². The lowest BCUT2D eigenvalue weighted by molar-refractivity contribution is 0.443. The lowest BCUT2D eigenvalue weighted by Gasteiger charge is -2.25. The van der Waals surface area contributed by atoms with Gasteiger partial charge in [0.2, 0.25) is 0 Å². The third kappa shape index (κ3) is 4.69. The van der Waals surface area contributed by atoms with Crippen molar-refractivity contribution in [2.24, 2.45) is 0 Å². The van der Waals surface area contributed by atoms with Crippen molar-refractivity contribution in [1.29, 1.82) is 0 Å². The highest BCUT2D eigenvalue weighted by Crippen LogP contribution is 2.48. The second-order valence-electron chi connectivity index (χ2n) is 17.2. The average molecular weight is 753 g/mol. The first-order valence-corrected chi connectivity index (χ1v) is 21.6. The van der Waals surface area contributed by atoms with Crippen LogP contribution < -0.4 is 0 Å². The Bertz CT molecular complexity index is 3090. The van der Waals surface area contributed by atoms with Crippen LogP contribution in [0.25, 0.3) is 98.9 Å². The molecule has 4 nitrogen and oxygen atoms in total. The molecular formula is C54H44N2O2. The summed E-state index contributed by atoms with van der Waals surface area (Å²) in [6, 6.07) is 49.7. The van der Waals surface area contributed by atoms with E-state index in [1.807, 2.05) is 0 Å². The summed E-state index contributed by atoms with van der Waals surface area (Å²) < 4.78 is 19.0. The van der Waals surface area contributed by atoms with Gasteiger partial charge in [-0.1, -0.05) is 111 Å². The summed E-state index contributed by atoms with van der Waals surface area (Å²) in [7, 11) is 0. The number of para-hydroxylation sites is 4. The van der Waals surface area contributed by atoms with E-state index in [4.69, 9.17) is 8.83 Å². The normalized spacial score (nSPS) is 16.1. The lowest BCUT2D eigenvalue weighted by Crippen LogP contribution is -2.09. The van der Waals surface area contributed by atoms with Crippen LogP contribution in [0.2, 0.25) is 0 Å². The number of fused-ring (bicyclic) bond motifs is 13. The van der Waals surface area contributed by atoms with Gasteiger partial charge in [0.25, 0.3) is 0 Å². The van der Waals surface area contributed by atoms with Crippen molar-refractivity contribution in [3.8, 4) is 11.4 Å². The van der Waals surface area contributed by atoms with E-state index in [1.165, 1.54) is 130 Å². The molecule has 0 atom stereocenters. The zero-order chi connectivity index (χ0) is 37.9. The van der Waals surface area contributed by atoms with E-state index in [1.54, 1.807) is 0 Å². The first-order valence-electron chi connectivity index (χ1n) is 21.6. The molecule has 0 aliphatic heterocycles. The summed E-state index contributed by atoms with van der Waals surface area (Å²) in [5.74, 6) is 0.978. The van der Waals surface area contributed by atoms with Gasteiger partial charge in [-0.15, -0.1) is 0 Å². The molecule has 2 fully saturated rings. The highest BCUT2D eigenvalue weighted by atomic mass is 16.3. The molecule has 0 unspecified atom stereocenters. The number of nitrogens with zero attached hydrogens (tertiary/aromatic N) is 2. The summed E-state index contributed by atoms with van der Waals surface area (Å²) in [5.41, 5.74) is 14.1. The first-order chi connectivity index (χ1) is 28.8. The third-order valence-corrected chi connectivity index (χ3v) is 14.1. The van der Waals surface area contributed by atoms with Gasteiger partial charge in [-0.3, -0.25) is 0 Å². The van der Waals surface area contributed by atoms with Crippen molar-refractivity contribution in [2.75, 3.05) is 0 Å². The minimum atomic E-state index is 0.489. The largest absolute Gasteiger partial charge is 0.456 e.